The third-order valence-electron chi connectivity index (χ3n) is 6.17. The van der Waals surface area contributed by atoms with Crippen LogP contribution in [0.25, 0.3) is 11.3 Å². The quantitative estimate of drug-likeness (QED) is 0.565. The van der Waals surface area contributed by atoms with E-state index < -0.39 is 0 Å². The van der Waals surface area contributed by atoms with E-state index in [0.717, 1.165) is 48.6 Å². The van der Waals surface area contributed by atoms with Gasteiger partial charge in [0.2, 0.25) is 11.9 Å². The Morgan fingerprint density at radius 3 is 2.27 bits per heavy atom. The molecule has 1 amide bonds. The molecule has 2 aliphatic rings. The normalized spacial score (nSPS) is 17.7. The van der Waals surface area contributed by atoms with Gasteiger partial charge in [-0.3, -0.25) is 4.79 Å². The van der Waals surface area contributed by atoms with Gasteiger partial charge in [0.1, 0.15) is 26.3 Å². The molecule has 2 aliphatic heterocycles. The molecule has 2 N–H and O–H groups in total. The zero-order valence-electron chi connectivity index (χ0n) is 18.7. The lowest BCUT2D eigenvalue weighted by Gasteiger charge is -2.34. The number of nitrogens with zero attached hydrogens (tertiary/aromatic N) is 3. The fourth-order valence-electron chi connectivity index (χ4n) is 4.47. The highest BCUT2D eigenvalue weighted by Gasteiger charge is 2.42. The minimum Gasteiger partial charge on any atom is -0.326 e. The summed E-state index contributed by atoms with van der Waals surface area (Å²) in [6.45, 7) is 4.67. The average Bonchev–Trinajstić information content (AvgIpc) is 3.28. The van der Waals surface area contributed by atoms with Gasteiger partial charge in [0.25, 0.3) is 0 Å². The number of carbonyl (C=O) groups excluding carboxylic acids is 1. The van der Waals surface area contributed by atoms with Crippen molar-refractivity contribution in [2.45, 2.75) is 25.7 Å². The van der Waals surface area contributed by atoms with Gasteiger partial charge in [-0.25, -0.2) is 9.97 Å². The number of aromatic nitrogens is 2. The van der Waals surface area contributed by atoms with Gasteiger partial charge in [-0.05, 0) is 46.6 Å². The average molecular weight is 447 g/mol. The summed E-state index contributed by atoms with van der Waals surface area (Å²) >= 11 is 0. The molecule has 2 fully saturated rings. The Bertz CT molecular complexity index is 1100. The fraction of sp³-hybridized carbons (Fsp3) is 0.320. The molecule has 170 valence electrons. The molecule has 0 radical (unpaired) electrons. The van der Waals surface area contributed by atoms with E-state index >= 15 is 0 Å². The molecule has 0 atom stereocenters. The Morgan fingerprint density at radius 1 is 0.939 bits per heavy atom. The van der Waals surface area contributed by atoms with Crippen LogP contribution in [0, 0.1) is 0 Å². The van der Waals surface area contributed by atoms with Crippen molar-refractivity contribution in [3.05, 3.63) is 66.4 Å². The van der Waals surface area contributed by atoms with Crippen LogP contribution in [0.15, 0.2) is 60.8 Å². The predicted molar refractivity (Wildman–Crippen MR) is 125 cm³/mol. The summed E-state index contributed by atoms with van der Waals surface area (Å²) in [5.74, 6) is 0.972. The molecule has 0 aliphatic carbocycles. The van der Waals surface area contributed by atoms with E-state index in [0.29, 0.717) is 29.9 Å². The summed E-state index contributed by atoms with van der Waals surface area (Å²) in [5, 5.41) is 6.07. The van der Waals surface area contributed by atoms with Gasteiger partial charge in [0.05, 0.1) is 5.69 Å². The highest BCUT2D eigenvalue weighted by Crippen LogP contribution is 2.34. The highest BCUT2D eigenvalue weighted by atomic mass is 17.0. The number of hydroxylamine groups is 4. The van der Waals surface area contributed by atoms with E-state index in [9.17, 15) is 4.79 Å². The molecule has 1 spiro atoms. The Balaban J connectivity index is 1.22. The first-order valence-electron chi connectivity index (χ1n) is 11.3. The van der Waals surface area contributed by atoms with E-state index in [4.69, 9.17) is 9.68 Å². The van der Waals surface area contributed by atoms with Crippen LogP contribution < -0.4 is 10.6 Å². The monoisotopic (exact) mass is 446 g/mol. The zero-order valence-corrected chi connectivity index (χ0v) is 18.7. The first-order chi connectivity index (χ1) is 16.1. The zero-order chi connectivity index (χ0) is 22.7. The number of carbonyl (C=O) groups is 1. The van der Waals surface area contributed by atoms with Gasteiger partial charge < -0.3 is 10.6 Å². The molecule has 0 saturated carbocycles. The van der Waals surface area contributed by atoms with Gasteiger partial charge in [-0.15, -0.1) is 0 Å². The van der Waals surface area contributed by atoms with Crippen LogP contribution in [0.5, 0.6) is 0 Å². The summed E-state index contributed by atoms with van der Waals surface area (Å²) in [4.78, 5) is 32.2. The molecule has 2 saturated heterocycles. The number of nitrogens with one attached hydrogen (secondary N) is 2. The Labute approximate surface area is 193 Å². The largest absolute Gasteiger partial charge is 0.326 e. The van der Waals surface area contributed by atoms with Gasteiger partial charge >= 0.3 is 0 Å². The molecule has 33 heavy (non-hydrogen) atoms. The third kappa shape index (κ3) is 5.03. The van der Waals surface area contributed by atoms with Crippen molar-refractivity contribution in [2.75, 3.05) is 36.9 Å². The molecule has 0 bridgehead atoms. The number of piperidine rings is 1. The number of rotatable bonds is 5. The van der Waals surface area contributed by atoms with Crippen LogP contribution in [0.2, 0.25) is 0 Å². The van der Waals surface area contributed by atoms with Gasteiger partial charge in [-0.1, -0.05) is 24.3 Å². The second-order valence-corrected chi connectivity index (χ2v) is 8.47. The number of anilines is 3. The SMILES string of the molecule is CC(=O)Nc1ccc(-c2ccnc(Nc3ccc(C4CC[N+]5(CC4)OCCO5)cc3)n2)cc1. The molecule has 8 heteroatoms. The first-order valence-corrected chi connectivity index (χ1v) is 11.3. The highest BCUT2D eigenvalue weighted by molar-refractivity contribution is 5.88. The number of amides is 1. The molecular formula is C25H28N5O3+. The molecule has 8 nitrogen and oxygen atoms in total. The maximum Gasteiger partial charge on any atom is 0.227 e. The van der Waals surface area contributed by atoms with Crippen molar-refractivity contribution in [3.8, 4) is 11.3 Å². The molecule has 5 rings (SSSR count). The molecule has 2 aromatic carbocycles. The molecule has 0 unspecified atom stereocenters. The van der Waals surface area contributed by atoms with Crippen molar-refractivity contribution in [1.82, 2.24) is 9.97 Å². The van der Waals surface area contributed by atoms with E-state index in [2.05, 4.69) is 44.9 Å². The van der Waals surface area contributed by atoms with Crippen LogP contribution in [0.3, 0.4) is 0 Å². The summed E-state index contributed by atoms with van der Waals surface area (Å²) in [7, 11) is 0. The van der Waals surface area contributed by atoms with Crippen LogP contribution >= 0.6 is 0 Å². The van der Waals surface area contributed by atoms with Crippen molar-refractivity contribution in [3.63, 3.8) is 0 Å². The molecule has 3 aromatic rings. The third-order valence-corrected chi connectivity index (χ3v) is 6.17. The molecule has 3 heterocycles. The minimum atomic E-state index is -0.0919. The predicted octanol–water partition coefficient (Wildman–Crippen LogP) is 4.42. The number of hydrogen-bond donors (Lipinski definition) is 2. The van der Waals surface area contributed by atoms with Gasteiger partial charge in [0, 0.05) is 42.9 Å². The molecular weight excluding hydrogens is 418 g/mol. The van der Waals surface area contributed by atoms with E-state index in [-0.39, 0.29) is 5.91 Å². The topological polar surface area (TPSA) is 85.4 Å². The minimum absolute atomic E-state index is 0.0919. The lowest BCUT2D eigenvalue weighted by molar-refractivity contribution is -1.23. The number of quaternary nitrogens is 1. The summed E-state index contributed by atoms with van der Waals surface area (Å²) < 4.78 is 0. The van der Waals surface area contributed by atoms with Crippen molar-refractivity contribution >= 4 is 23.2 Å². The Morgan fingerprint density at radius 2 is 1.61 bits per heavy atom. The maximum absolute atomic E-state index is 11.2. The lowest BCUT2D eigenvalue weighted by Crippen LogP contribution is -2.48. The fourth-order valence-corrected chi connectivity index (χ4v) is 4.47. The van der Waals surface area contributed by atoms with E-state index in [1.807, 2.05) is 30.3 Å². The second kappa shape index (κ2) is 9.27. The van der Waals surface area contributed by atoms with Crippen molar-refractivity contribution in [2.24, 2.45) is 0 Å². The van der Waals surface area contributed by atoms with E-state index in [1.165, 1.54) is 12.5 Å². The Hall–Kier alpha value is -3.33. The van der Waals surface area contributed by atoms with E-state index in [1.54, 1.807) is 6.20 Å². The molecule has 1 aromatic heterocycles. The standard InChI is InChI=1S/C25H27N5O3/c1-18(31)27-22-8-4-21(5-9-22)24-10-13-26-25(29-24)28-23-6-2-19(3-7-23)20-11-14-30(15-12-20)32-16-17-33-30/h2-10,13,20H,11-12,14-17H2,1H3,(H-,26,27,28,29,31)/p+1. The van der Waals surface area contributed by atoms with Crippen LogP contribution in [-0.4, -0.2) is 47.0 Å². The van der Waals surface area contributed by atoms with Gasteiger partial charge in [0.15, 0.2) is 0 Å². The number of benzene rings is 2. The lowest BCUT2D eigenvalue weighted by atomic mass is 9.90. The van der Waals surface area contributed by atoms with Crippen LogP contribution in [0.4, 0.5) is 17.3 Å². The summed E-state index contributed by atoms with van der Waals surface area (Å²) in [6.07, 6.45) is 3.85. The summed E-state index contributed by atoms with van der Waals surface area (Å²) in [6, 6.07) is 18.0. The first kappa shape index (κ1) is 21.5. The Kier molecular flexibility index (Phi) is 6.04. The van der Waals surface area contributed by atoms with Crippen LogP contribution in [-0.2, 0) is 14.5 Å². The van der Waals surface area contributed by atoms with Crippen molar-refractivity contribution < 1.29 is 19.3 Å². The van der Waals surface area contributed by atoms with Crippen LogP contribution in [0.1, 0.15) is 31.2 Å². The smallest absolute Gasteiger partial charge is 0.227 e. The summed E-state index contributed by atoms with van der Waals surface area (Å²) in [5.41, 5.74) is 4.81. The van der Waals surface area contributed by atoms with Crippen molar-refractivity contribution in [1.29, 1.82) is 0 Å². The number of hydrogen-bond acceptors (Lipinski definition) is 6. The maximum atomic E-state index is 11.2. The second-order valence-electron chi connectivity index (χ2n) is 8.47. The van der Waals surface area contributed by atoms with Gasteiger partial charge in [-0.2, -0.15) is 9.68 Å².